The Balaban J connectivity index is 2.28. The van der Waals surface area contributed by atoms with Gasteiger partial charge in [0.1, 0.15) is 5.82 Å². The minimum Gasteiger partial charge on any atom is -0.370 e. The summed E-state index contributed by atoms with van der Waals surface area (Å²) < 4.78 is 0. The van der Waals surface area contributed by atoms with Crippen molar-refractivity contribution in [3.8, 4) is 0 Å². The number of pyridine rings is 1. The molecule has 0 aliphatic carbocycles. The van der Waals surface area contributed by atoms with E-state index in [-0.39, 0.29) is 0 Å². The highest BCUT2D eigenvalue weighted by Gasteiger charge is 1.99. The van der Waals surface area contributed by atoms with Crippen molar-refractivity contribution in [3.63, 3.8) is 0 Å². The number of halogens is 1. The highest BCUT2D eigenvalue weighted by atomic mass is 79.9. The minimum absolute atomic E-state index is 0.612. The van der Waals surface area contributed by atoms with Gasteiger partial charge >= 0.3 is 0 Å². The van der Waals surface area contributed by atoms with Gasteiger partial charge in [-0.15, -0.1) is 0 Å². The minimum atomic E-state index is 0.612. The van der Waals surface area contributed by atoms with Crippen molar-refractivity contribution < 1.29 is 0 Å². The third kappa shape index (κ3) is 4.09. The van der Waals surface area contributed by atoms with Gasteiger partial charge < -0.3 is 5.32 Å². The summed E-state index contributed by atoms with van der Waals surface area (Å²) >= 11 is 3.60. The Hall–Kier alpha value is -0.570. The fourth-order valence-corrected chi connectivity index (χ4v) is 1.36. The van der Waals surface area contributed by atoms with Crippen LogP contribution < -0.4 is 5.32 Å². The molecule has 0 aliphatic heterocycles. The fraction of sp³-hybridized carbons (Fsp3) is 0.545. The Morgan fingerprint density at radius 1 is 1.50 bits per heavy atom. The van der Waals surface area contributed by atoms with Crippen LogP contribution in [0.1, 0.15) is 25.3 Å². The van der Waals surface area contributed by atoms with Crippen molar-refractivity contribution in [3.05, 3.63) is 23.9 Å². The van der Waals surface area contributed by atoms with E-state index in [1.807, 2.05) is 19.2 Å². The van der Waals surface area contributed by atoms with Crippen LogP contribution in [-0.4, -0.2) is 16.4 Å². The van der Waals surface area contributed by atoms with Gasteiger partial charge in [-0.3, -0.25) is 0 Å². The molecule has 0 amide bonds. The van der Waals surface area contributed by atoms with Gasteiger partial charge in [-0.2, -0.15) is 0 Å². The summed E-state index contributed by atoms with van der Waals surface area (Å²) in [6.07, 6.45) is 4.18. The topological polar surface area (TPSA) is 24.9 Å². The van der Waals surface area contributed by atoms with E-state index in [0.717, 1.165) is 18.8 Å². The summed E-state index contributed by atoms with van der Waals surface area (Å²) in [5, 5.41) is 3.30. The van der Waals surface area contributed by atoms with E-state index in [2.05, 4.69) is 39.2 Å². The first-order chi connectivity index (χ1) is 6.72. The molecule has 14 heavy (non-hydrogen) atoms. The first-order valence-electron chi connectivity index (χ1n) is 5.03. The number of nitrogens with zero attached hydrogens (tertiary/aromatic N) is 1. The first-order valence-corrected chi connectivity index (χ1v) is 5.94. The lowest BCUT2D eigenvalue weighted by Crippen LogP contribution is -2.08. The molecule has 1 rings (SSSR count). The second-order valence-electron chi connectivity index (χ2n) is 3.44. The zero-order valence-electron chi connectivity index (χ0n) is 8.76. The van der Waals surface area contributed by atoms with Crippen molar-refractivity contribution in [2.45, 2.75) is 31.5 Å². The molecule has 1 atom stereocenters. The molecule has 0 aliphatic rings. The Kier molecular flexibility index (Phi) is 4.94. The lowest BCUT2D eigenvalue weighted by Gasteiger charge is -2.08. The van der Waals surface area contributed by atoms with Crippen LogP contribution in [0.4, 0.5) is 5.82 Å². The molecule has 2 nitrogen and oxygen atoms in total. The molecule has 1 aromatic heterocycles. The molecular formula is C11H17BrN2. The van der Waals surface area contributed by atoms with E-state index in [1.165, 1.54) is 12.0 Å². The lowest BCUT2D eigenvalue weighted by atomic mass is 10.2. The van der Waals surface area contributed by atoms with E-state index in [4.69, 9.17) is 0 Å². The highest BCUT2D eigenvalue weighted by molar-refractivity contribution is 9.09. The van der Waals surface area contributed by atoms with Crippen LogP contribution in [0, 0.1) is 6.92 Å². The largest absolute Gasteiger partial charge is 0.370 e. The third-order valence-electron chi connectivity index (χ3n) is 2.12. The standard InChI is InChI=1S/C11H17BrN2/c1-3-10(12)6-7-13-11-5-4-9(2)8-14-11/h4-5,8,10H,3,6-7H2,1-2H3,(H,13,14). The van der Waals surface area contributed by atoms with Gasteiger partial charge in [-0.25, -0.2) is 4.98 Å². The van der Waals surface area contributed by atoms with Crippen LogP contribution in [0.2, 0.25) is 0 Å². The average molecular weight is 257 g/mol. The molecule has 0 saturated carbocycles. The summed E-state index contributed by atoms with van der Waals surface area (Å²) in [6, 6.07) is 4.09. The van der Waals surface area contributed by atoms with Crippen molar-refractivity contribution in [1.82, 2.24) is 4.98 Å². The molecular weight excluding hydrogens is 240 g/mol. The van der Waals surface area contributed by atoms with E-state index in [0.29, 0.717) is 4.83 Å². The van der Waals surface area contributed by atoms with Crippen molar-refractivity contribution in [2.24, 2.45) is 0 Å². The smallest absolute Gasteiger partial charge is 0.125 e. The number of hydrogen-bond donors (Lipinski definition) is 1. The molecule has 0 spiro atoms. The second-order valence-corrected chi connectivity index (χ2v) is 4.74. The first kappa shape index (κ1) is 11.5. The van der Waals surface area contributed by atoms with Gasteiger partial charge in [0.25, 0.3) is 0 Å². The molecule has 1 heterocycles. The second kappa shape index (κ2) is 6.02. The average Bonchev–Trinajstić information content (AvgIpc) is 2.21. The summed E-state index contributed by atoms with van der Waals surface area (Å²) in [6.45, 7) is 5.20. The van der Waals surface area contributed by atoms with Crippen LogP contribution in [0.3, 0.4) is 0 Å². The summed E-state index contributed by atoms with van der Waals surface area (Å²) in [7, 11) is 0. The Labute approximate surface area is 94.3 Å². The van der Waals surface area contributed by atoms with Crippen LogP contribution >= 0.6 is 15.9 Å². The number of anilines is 1. The number of aryl methyl sites for hydroxylation is 1. The normalized spacial score (nSPS) is 12.5. The number of alkyl halides is 1. The van der Waals surface area contributed by atoms with Gasteiger partial charge in [-0.1, -0.05) is 28.9 Å². The van der Waals surface area contributed by atoms with Crippen molar-refractivity contribution >= 4 is 21.7 Å². The quantitative estimate of drug-likeness (QED) is 0.818. The van der Waals surface area contributed by atoms with Gasteiger partial charge in [0.15, 0.2) is 0 Å². The Morgan fingerprint density at radius 3 is 2.86 bits per heavy atom. The summed E-state index contributed by atoms with van der Waals surface area (Å²) in [5.74, 6) is 0.964. The third-order valence-corrected chi connectivity index (χ3v) is 3.22. The number of aromatic nitrogens is 1. The molecule has 3 heteroatoms. The Bertz CT molecular complexity index is 258. The predicted octanol–water partition coefficient (Wildman–Crippen LogP) is 3.37. The predicted molar refractivity (Wildman–Crippen MR) is 65.1 cm³/mol. The van der Waals surface area contributed by atoms with Crippen LogP contribution in [0.5, 0.6) is 0 Å². The van der Waals surface area contributed by atoms with E-state index in [1.54, 1.807) is 0 Å². The molecule has 0 aromatic carbocycles. The monoisotopic (exact) mass is 256 g/mol. The van der Waals surface area contributed by atoms with Gasteiger partial charge in [0.2, 0.25) is 0 Å². The summed E-state index contributed by atoms with van der Waals surface area (Å²) in [5.41, 5.74) is 1.20. The molecule has 78 valence electrons. The van der Waals surface area contributed by atoms with Gasteiger partial charge in [-0.05, 0) is 31.4 Å². The van der Waals surface area contributed by atoms with Crippen molar-refractivity contribution in [1.29, 1.82) is 0 Å². The lowest BCUT2D eigenvalue weighted by molar-refractivity contribution is 0.773. The molecule has 1 aromatic rings. The zero-order chi connectivity index (χ0) is 10.4. The molecule has 1 N–H and O–H groups in total. The maximum absolute atomic E-state index is 4.27. The maximum Gasteiger partial charge on any atom is 0.125 e. The molecule has 1 unspecified atom stereocenters. The number of nitrogens with one attached hydrogen (secondary N) is 1. The number of hydrogen-bond acceptors (Lipinski definition) is 2. The SMILES string of the molecule is CCC(Br)CCNc1ccc(C)cn1. The van der Waals surface area contributed by atoms with Gasteiger partial charge in [0.05, 0.1) is 0 Å². The van der Waals surface area contributed by atoms with Crippen molar-refractivity contribution in [2.75, 3.05) is 11.9 Å². The molecule has 0 bridgehead atoms. The zero-order valence-corrected chi connectivity index (χ0v) is 10.3. The molecule has 0 saturated heterocycles. The van der Waals surface area contributed by atoms with Gasteiger partial charge in [0, 0.05) is 17.6 Å². The fourth-order valence-electron chi connectivity index (χ4n) is 1.13. The van der Waals surface area contributed by atoms with Crippen LogP contribution in [-0.2, 0) is 0 Å². The van der Waals surface area contributed by atoms with E-state index < -0.39 is 0 Å². The van der Waals surface area contributed by atoms with Crippen LogP contribution in [0.25, 0.3) is 0 Å². The highest BCUT2D eigenvalue weighted by Crippen LogP contribution is 2.10. The molecule has 0 fully saturated rings. The number of rotatable bonds is 5. The molecule has 0 radical (unpaired) electrons. The summed E-state index contributed by atoms with van der Waals surface area (Å²) in [4.78, 5) is 4.89. The van der Waals surface area contributed by atoms with E-state index in [9.17, 15) is 0 Å². The maximum atomic E-state index is 4.27. The van der Waals surface area contributed by atoms with Crippen LogP contribution in [0.15, 0.2) is 18.3 Å². The van der Waals surface area contributed by atoms with E-state index >= 15 is 0 Å². The Morgan fingerprint density at radius 2 is 2.29 bits per heavy atom.